The van der Waals surface area contributed by atoms with E-state index >= 15 is 0 Å². The maximum absolute atomic E-state index is 11.8. The molecule has 146 valence electrons. The van der Waals surface area contributed by atoms with Crippen LogP contribution in [0.2, 0.25) is 0 Å². The van der Waals surface area contributed by atoms with Crippen molar-refractivity contribution >= 4 is 28.6 Å². The van der Waals surface area contributed by atoms with E-state index in [1.807, 2.05) is 25.1 Å². The van der Waals surface area contributed by atoms with Crippen molar-refractivity contribution in [1.29, 1.82) is 0 Å². The van der Waals surface area contributed by atoms with Gasteiger partial charge in [-0.2, -0.15) is 0 Å². The molecule has 0 radical (unpaired) electrons. The number of hydrogen-bond donors (Lipinski definition) is 1. The second kappa shape index (κ2) is 7.83. The van der Waals surface area contributed by atoms with Gasteiger partial charge in [-0.1, -0.05) is 11.8 Å². The maximum atomic E-state index is 11.8. The predicted molar refractivity (Wildman–Crippen MR) is 109 cm³/mol. The molecule has 0 amide bonds. The number of Topliss-reactive ketones (excluding diaryl/α,β-unsaturated/α-hetero) is 1. The van der Waals surface area contributed by atoms with Crippen LogP contribution in [0.5, 0.6) is 11.5 Å². The van der Waals surface area contributed by atoms with Gasteiger partial charge in [0.15, 0.2) is 22.4 Å². The van der Waals surface area contributed by atoms with Crippen molar-refractivity contribution in [2.75, 3.05) is 13.7 Å². The number of hydrogen-bond acceptors (Lipinski definition) is 6. The first-order valence-electron chi connectivity index (χ1n) is 9.34. The fourth-order valence-corrected chi connectivity index (χ4v) is 3.95. The quantitative estimate of drug-likeness (QED) is 0.444. The Morgan fingerprint density at radius 2 is 2.18 bits per heavy atom. The van der Waals surface area contributed by atoms with Crippen molar-refractivity contribution in [3.8, 4) is 11.5 Å². The minimum Gasteiger partial charge on any atom is -0.491 e. The topological polar surface area (TPSA) is 77.1 Å². The summed E-state index contributed by atoms with van der Waals surface area (Å²) in [4.78, 5) is 24.1. The zero-order chi connectivity index (χ0) is 19.7. The molecule has 4 rings (SSSR count). The molecule has 1 aliphatic rings. The maximum Gasteiger partial charge on any atom is 0.183 e. The molecule has 7 heteroatoms. The van der Waals surface area contributed by atoms with E-state index in [9.17, 15) is 4.79 Å². The minimum absolute atomic E-state index is 0.0496. The van der Waals surface area contributed by atoms with E-state index in [-0.39, 0.29) is 5.78 Å². The molecule has 3 aromatic rings. The van der Waals surface area contributed by atoms with Gasteiger partial charge in [-0.25, -0.2) is 4.98 Å². The highest BCUT2D eigenvalue weighted by atomic mass is 32.2. The molecule has 1 saturated carbocycles. The minimum atomic E-state index is 0.0496. The summed E-state index contributed by atoms with van der Waals surface area (Å²) in [5.74, 6) is 2.75. The standard InChI is InChI=1S/C21H23N3O3S/c1-12-8-16-17(9-15(12)13(2)25)24-21(23-16)28-11-18-20(26-3)19(6-7-22-18)27-10-14-4-5-14/h6-9,14H,4-5,10-11H2,1-3H3,(H,23,24). The number of ketones is 1. The summed E-state index contributed by atoms with van der Waals surface area (Å²) in [7, 11) is 1.64. The molecule has 2 heterocycles. The van der Waals surface area contributed by atoms with Crippen molar-refractivity contribution in [1.82, 2.24) is 15.0 Å². The number of fused-ring (bicyclic) bond motifs is 1. The number of pyridine rings is 1. The Morgan fingerprint density at radius 1 is 1.36 bits per heavy atom. The third-order valence-electron chi connectivity index (χ3n) is 4.85. The molecule has 1 aromatic carbocycles. The van der Waals surface area contributed by atoms with Gasteiger partial charge in [0.1, 0.15) is 0 Å². The second-order valence-electron chi connectivity index (χ2n) is 7.11. The van der Waals surface area contributed by atoms with Gasteiger partial charge in [0, 0.05) is 23.6 Å². The molecular weight excluding hydrogens is 374 g/mol. The van der Waals surface area contributed by atoms with Gasteiger partial charge in [0.05, 0.1) is 30.4 Å². The van der Waals surface area contributed by atoms with Gasteiger partial charge >= 0.3 is 0 Å². The molecule has 28 heavy (non-hydrogen) atoms. The van der Waals surface area contributed by atoms with Crippen molar-refractivity contribution in [3.05, 3.63) is 41.2 Å². The molecule has 1 N–H and O–H groups in total. The fourth-order valence-electron chi connectivity index (χ4n) is 3.12. The third-order valence-corrected chi connectivity index (χ3v) is 5.73. The van der Waals surface area contributed by atoms with Crippen molar-refractivity contribution in [2.45, 2.75) is 37.6 Å². The number of nitrogens with one attached hydrogen (secondary N) is 1. The number of imidazole rings is 1. The molecule has 0 bridgehead atoms. The first kappa shape index (κ1) is 18.8. The van der Waals surface area contributed by atoms with Gasteiger partial charge in [-0.05, 0) is 50.3 Å². The molecule has 1 aliphatic carbocycles. The van der Waals surface area contributed by atoms with Crippen molar-refractivity contribution in [3.63, 3.8) is 0 Å². The fraction of sp³-hybridized carbons (Fsp3) is 0.381. The number of rotatable bonds is 8. The number of H-pyrrole nitrogens is 1. The van der Waals surface area contributed by atoms with Gasteiger partial charge in [-0.3, -0.25) is 9.78 Å². The lowest BCUT2D eigenvalue weighted by Gasteiger charge is -2.13. The van der Waals surface area contributed by atoms with Crippen LogP contribution in [0.3, 0.4) is 0 Å². The van der Waals surface area contributed by atoms with Gasteiger partial charge in [0.2, 0.25) is 0 Å². The molecule has 1 fully saturated rings. The summed E-state index contributed by atoms with van der Waals surface area (Å²) in [5.41, 5.74) is 4.19. The Balaban J connectivity index is 1.52. The lowest BCUT2D eigenvalue weighted by molar-refractivity contribution is 0.101. The Bertz CT molecular complexity index is 1030. The highest BCUT2D eigenvalue weighted by Crippen LogP contribution is 2.36. The van der Waals surface area contributed by atoms with Crippen LogP contribution in [0.1, 0.15) is 41.4 Å². The number of carbonyl (C=O) groups excluding carboxylic acids is 1. The number of nitrogens with zero attached hydrogens (tertiary/aromatic N) is 2. The number of benzene rings is 1. The number of thioether (sulfide) groups is 1. The number of carbonyl (C=O) groups is 1. The van der Waals surface area contributed by atoms with Crippen LogP contribution in [0.15, 0.2) is 29.6 Å². The van der Waals surface area contributed by atoms with Crippen LogP contribution in [0.25, 0.3) is 11.0 Å². The summed E-state index contributed by atoms with van der Waals surface area (Å²) in [6, 6.07) is 5.66. The molecular formula is C21H23N3O3S. The lowest BCUT2D eigenvalue weighted by atomic mass is 10.0. The largest absolute Gasteiger partial charge is 0.491 e. The van der Waals surface area contributed by atoms with Crippen LogP contribution in [0.4, 0.5) is 0 Å². The summed E-state index contributed by atoms with van der Waals surface area (Å²) in [5, 5.41) is 0.781. The zero-order valence-electron chi connectivity index (χ0n) is 16.2. The van der Waals surface area contributed by atoms with E-state index in [1.54, 1.807) is 32.0 Å². The number of ether oxygens (including phenoxy) is 2. The SMILES string of the molecule is COc1c(OCC2CC2)ccnc1CSc1nc2cc(C(C)=O)c(C)cc2[nH]1. The first-order valence-corrected chi connectivity index (χ1v) is 10.3. The monoisotopic (exact) mass is 397 g/mol. The Hall–Kier alpha value is -2.54. The summed E-state index contributed by atoms with van der Waals surface area (Å²) in [6.07, 6.45) is 4.24. The summed E-state index contributed by atoms with van der Waals surface area (Å²) >= 11 is 1.54. The highest BCUT2D eigenvalue weighted by Gasteiger charge is 2.23. The second-order valence-corrected chi connectivity index (χ2v) is 8.08. The molecule has 2 aromatic heterocycles. The smallest absolute Gasteiger partial charge is 0.183 e. The Kier molecular flexibility index (Phi) is 5.26. The molecule has 0 atom stereocenters. The molecule has 0 saturated heterocycles. The predicted octanol–water partition coefficient (Wildman–Crippen LogP) is 4.56. The molecule has 0 aliphatic heterocycles. The van der Waals surface area contributed by atoms with Crippen LogP contribution >= 0.6 is 11.8 Å². The molecule has 0 spiro atoms. The van der Waals surface area contributed by atoms with E-state index in [0.29, 0.717) is 23.0 Å². The van der Waals surface area contributed by atoms with E-state index in [2.05, 4.69) is 15.0 Å². The van der Waals surface area contributed by atoms with E-state index in [1.165, 1.54) is 12.8 Å². The number of aromatic amines is 1. The Labute approximate surface area is 168 Å². The van der Waals surface area contributed by atoms with E-state index in [0.717, 1.165) is 39.8 Å². The van der Waals surface area contributed by atoms with Crippen LogP contribution < -0.4 is 9.47 Å². The zero-order valence-corrected chi connectivity index (χ0v) is 17.1. The Morgan fingerprint density at radius 3 is 2.89 bits per heavy atom. The van der Waals surface area contributed by atoms with Crippen molar-refractivity contribution < 1.29 is 14.3 Å². The average Bonchev–Trinajstić information content (AvgIpc) is 3.42. The number of aromatic nitrogens is 3. The average molecular weight is 398 g/mol. The van der Waals surface area contributed by atoms with Crippen LogP contribution in [0, 0.1) is 12.8 Å². The molecule has 0 unspecified atom stereocenters. The summed E-state index contributed by atoms with van der Waals surface area (Å²) in [6.45, 7) is 4.24. The first-order chi connectivity index (χ1) is 13.5. The number of methoxy groups -OCH3 is 1. The van der Waals surface area contributed by atoms with E-state index < -0.39 is 0 Å². The normalized spacial score (nSPS) is 13.7. The van der Waals surface area contributed by atoms with Gasteiger partial charge < -0.3 is 14.5 Å². The van der Waals surface area contributed by atoms with Crippen LogP contribution in [-0.2, 0) is 5.75 Å². The van der Waals surface area contributed by atoms with E-state index in [4.69, 9.17) is 9.47 Å². The molecule has 6 nitrogen and oxygen atoms in total. The van der Waals surface area contributed by atoms with Crippen molar-refractivity contribution in [2.24, 2.45) is 5.92 Å². The highest BCUT2D eigenvalue weighted by molar-refractivity contribution is 7.98. The summed E-state index contributed by atoms with van der Waals surface area (Å²) < 4.78 is 11.5. The third kappa shape index (κ3) is 3.99. The van der Waals surface area contributed by atoms with Gasteiger partial charge in [-0.15, -0.1) is 0 Å². The number of aryl methyl sites for hydroxylation is 1. The lowest BCUT2D eigenvalue weighted by Crippen LogP contribution is -2.03. The van der Waals surface area contributed by atoms with Crippen LogP contribution in [-0.4, -0.2) is 34.5 Å². The van der Waals surface area contributed by atoms with Gasteiger partial charge in [0.25, 0.3) is 0 Å².